The molecule has 3 aromatic carbocycles. The van der Waals surface area contributed by atoms with Crippen molar-refractivity contribution in [2.75, 3.05) is 26.2 Å². The Morgan fingerprint density at radius 2 is 1.23 bits per heavy atom. The highest BCUT2D eigenvalue weighted by Crippen LogP contribution is 2.60. The van der Waals surface area contributed by atoms with Gasteiger partial charge in [-0.3, -0.25) is 14.5 Å². The second-order valence-corrected chi connectivity index (χ2v) is 12.3. The van der Waals surface area contributed by atoms with E-state index in [2.05, 4.69) is 24.3 Å². The van der Waals surface area contributed by atoms with E-state index in [1.165, 1.54) is 33.5 Å². The molecule has 1 aliphatic heterocycles. The van der Waals surface area contributed by atoms with E-state index in [0.717, 1.165) is 22.3 Å². The number of benzene rings is 3. The minimum atomic E-state index is -3.64. The first-order valence-electron chi connectivity index (χ1n) is 13.6. The van der Waals surface area contributed by atoms with Gasteiger partial charge >= 0.3 is 5.97 Å². The fraction of sp³-hybridized carbons (Fsp3) is 0.323. The van der Waals surface area contributed by atoms with Gasteiger partial charge in [-0.25, -0.2) is 13.2 Å². The van der Waals surface area contributed by atoms with Gasteiger partial charge in [-0.15, -0.1) is 0 Å². The summed E-state index contributed by atoms with van der Waals surface area (Å²) < 4.78 is 32.1. The van der Waals surface area contributed by atoms with E-state index in [9.17, 15) is 22.8 Å². The molecule has 7 rings (SSSR count). The van der Waals surface area contributed by atoms with Crippen LogP contribution in [0.2, 0.25) is 0 Å². The fourth-order valence-electron chi connectivity index (χ4n) is 6.75. The third-order valence-corrected chi connectivity index (χ3v) is 10.6. The molecule has 1 heterocycles. The summed E-state index contributed by atoms with van der Waals surface area (Å²) in [6.07, 6.45) is 0. The predicted octanol–water partition coefficient (Wildman–Crippen LogP) is 3.77. The van der Waals surface area contributed by atoms with Gasteiger partial charge in [0.25, 0.3) is 0 Å². The third-order valence-electron chi connectivity index (χ3n) is 8.52. The molecule has 8 nitrogen and oxygen atoms in total. The van der Waals surface area contributed by atoms with Crippen LogP contribution in [0.15, 0.2) is 77.7 Å². The topological polar surface area (TPSA) is 101 Å². The summed E-state index contributed by atoms with van der Waals surface area (Å²) in [7, 11) is -3.64. The summed E-state index contributed by atoms with van der Waals surface area (Å²) in [5, 5.41) is 0. The zero-order valence-electron chi connectivity index (χ0n) is 22.3. The van der Waals surface area contributed by atoms with Gasteiger partial charge < -0.3 is 4.74 Å². The van der Waals surface area contributed by atoms with E-state index in [0.29, 0.717) is 13.1 Å². The Balaban J connectivity index is 1.16. The molecule has 3 aliphatic carbocycles. The molecular formula is C31H30N2O6S. The number of likely N-dealkylation sites (tertiary alicyclic amines) is 1. The van der Waals surface area contributed by atoms with Gasteiger partial charge in [-0.05, 0) is 46.5 Å². The lowest BCUT2D eigenvalue weighted by Crippen LogP contribution is -2.41. The zero-order chi connectivity index (χ0) is 28.2. The first kappa shape index (κ1) is 26.4. The van der Waals surface area contributed by atoms with Gasteiger partial charge in [-0.2, -0.15) is 4.31 Å². The summed E-state index contributed by atoms with van der Waals surface area (Å²) in [4.78, 5) is 41.3. The number of hydrogen-bond acceptors (Lipinski definition) is 6. The van der Waals surface area contributed by atoms with Crippen molar-refractivity contribution in [1.29, 1.82) is 0 Å². The largest absolute Gasteiger partial charge is 0.460 e. The Bertz CT molecular complexity index is 1500. The van der Waals surface area contributed by atoms with Crippen LogP contribution < -0.4 is 0 Å². The lowest BCUT2D eigenvalue weighted by Gasteiger charge is -2.45. The Hall–Kier alpha value is -3.82. The summed E-state index contributed by atoms with van der Waals surface area (Å²) in [5.74, 6) is -2.41. The van der Waals surface area contributed by atoms with Crippen molar-refractivity contribution in [2.45, 2.75) is 30.6 Å². The molecule has 206 valence electrons. The smallest absolute Gasteiger partial charge is 0.338 e. The Morgan fingerprint density at radius 3 is 1.65 bits per heavy atom. The van der Waals surface area contributed by atoms with Crippen LogP contribution in [-0.4, -0.2) is 61.6 Å². The first-order chi connectivity index (χ1) is 19.3. The van der Waals surface area contributed by atoms with Crippen molar-refractivity contribution < 1.29 is 27.5 Å². The van der Waals surface area contributed by atoms with Gasteiger partial charge in [0.2, 0.25) is 21.8 Å². The van der Waals surface area contributed by atoms with Crippen LogP contribution in [0.1, 0.15) is 58.3 Å². The van der Waals surface area contributed by atoms with Crippen LogP contribution in [0.25, 0.3) is 0 Å². The molecule has 0 spiro atoms. The van der Waals surface area contributed by atoms with Gasteiger partial charge in [0.1, 0.15) is 6.61 Å². The number of esters is 1. The van der Waals surface area contributed by atoms with Crippen molar-refractivity contribution in [3.05, 3.63) is 101 Å². The second-order valence-electron chi connectivity index (χ2n) is 10.3. The monoisotopic (exact) mass is 558 g/mol. The van der Waals surface area contributed by atoms with E-state index >= 15 is 0 Å². The van der Waals surface area contributed by atoms with Crippen LogP contribution in [0.5, 0.6) is 0 Å². The number of imide groups is 1. The average Bonchev–Trinajstić information content (AvgIpc) is 3.23. The van der Waals surface area contributed by atoms with E-state index < -0.39 is 27.8 Å². The number of carbonyl (C=O) groups excluding carboxylic acids is 3. The van der Waals surface area contributed by atoms with Crippen molar-refractivity contribution in [1.82, 2.24) is 9.21 Å². The van der Waals surface area contributed by atoms with Crippen LogP contribution >= 0.6 is 0 Å². The molecule has 1 fully saturated rings. The Kier molecular flexibility index (Phi) is 6.59. The number of sulfonamides is 1. The first-order valence-corrected chi connectivity index (χ1v) is 15.0. The normalized spacial score (nSPS) is 22.7. The van der Waals surface area contributed by atoms with Crippen molar-refractivity contribution in [3.63, 3.8) is 0 Å². The standard InChI is InChI=1S/C31H30N2O6S/c1-3-32(4-2)40(37,38)20-15-13-19(14-16-20)31(36)39-18-17-33-29(34)27-25-21-9-5-6-10-22(21)26(28(27)30(33)35)24-12-8-7-11-23(24)25/h5-16,25-28H,3-4,17-18H2,1-2H3/t25?,26?,27-,28+. The number of carbonyl (C=O) groups is 3. The van der Waals surface area contributed by atoms with Gasteiger partial charge in [0.05, 0.1) is 28.8 Å². The molecule has 4 aliphatic rings. The van der Waals surface area contributed by atoms with Crippen LogP contribution in [0.4, 0.5) is 0 Å². The molecule has 2 amide bonds. The molecule has 2 atom stereocenters. The number of hydrogen-bond donors (Lipinski definition) is 0. The molecule has 40 heavy (non-hydrogen) atoms. The van der Waals surface area contributed by atoms with Crippen molar-refractivity contribution in [3.8, 4) is 0 Å². The second kappa shape index (κ2) is 9.98. The maximum Gasteiger partial charge on any atom is 0.338 e. The molecule has 0 unspecified atom stereocenters. The zero-order valence-corrected chi connectivity index (χ0v) is 23.1. The highest BCUT2D eigenvalue weighted by atomic mass is 32.2. The molecular weight excluding hydrogens is 528 g/mol. The Morgan fingerprint density at radius 1 is 0.775 bits per heavy atom. The summed E-state index contributed by atoms with van der Waals surface area (Å²) in [5.41, 5.74) is 4.61. The molecule has 1 saturated heterocycles. The lowest BCUT2D eigenvalue weighted by molar-refractivity contribution is -0.140. The summed E-state index contributed by atoms with van der Waals surface area (Å²) in [6.45, 7) is 4.04. The molecule has 0 N–H and O–H groups in total. The lowest BCUT2D eigenvalue weighted by atomic mass is 9.55. The SMILES string of the molecule is CCN(CC)S(=O)(=O)c1ccc(C(=O)OCCN2C(=O)[C@@H]3C4c5ccccc5C(c5ccccc54)[C@@H]3C2=O)cc1. The number of ether oxygens (including phenoxy) is 1. The molecule has 0 aromatic heterocycles. The van der Waals surface area contributed by atoms with Crippen molar-refractivity contribution in [2.24, 2.45) is 11.8 Å². The van der Waals surface area contributed by atoms with Gasteiger partial charge in [0.15, 0.2) is 0 Å². The molecule has 9 heteroatoms. The molecule has 2 bridgehead atoms. The van der Waals surface area contributed by atoms with E-state index in [1.807, 2.05) is 24.3 Å². The predicted molar refractivity (Wildman–Crippen MR) is 147 cm³/mol. The number of nitrogens with zero attached hydrogens (tertiary/aromatic N) is 2. The Labute approximate surface area is 233 Å². The molecule has 0 saturated carbocycles. The summed E-state index contributed by atoms with van der Waals surface area (Å²) in [6, 6.07) is 21.7. The number of amides is 2. The van der Waals surface area contributed by atoms with E-state index in [-0.39, 0.29) is 47.3 Å². The third kappa shape index (κ3) is 3.90. The van der Waals surface area contributed by atoms with E-state index in [1.54, 1.807) is 13.8 Å². The van der Waals surface area contributed by atoms with Crippen LogP contribution in [0, 0.1) is 11.8 Å². The highest BCUT2D eigenvalue weighted by Gasteiger charge is 2.61. The van der Waals surface area contributed by atoms with Crippen LogP contribution in [-0.2, 0) is 24.3 Å². The molecule has 3 aromatic rings. The maximum absolute atomic E-state index is 13.6. The van der Waals surface area contributed by atoms with E-state index in [4.69, 9.17) is 4.74 Å². The fourth-order valence-corrected chi connectivity index (χ4v) is 8.21. The molecule has 0 radical (unpaired) electrons. The average molecular weight is 559 g/mol. The van der Waals surface area contributed by atoms with Gasteiger partial charge in [-0.1, -0.05) is 62.4 Å². The quantitative estimate of drug-likeness (QED) is 0.308. The summed E-state index contributed by atoms with van der Waals surface area (Å²) >= 11 is 0. The highest BCUT2D eigenvalue weighted by molar-refractivity contribution is 7.89. The minimum Gasteiger partial charge on any atom is -0.460 e. The maximum atomic E-state index is 13.6. The minimum absolute atomic E-state index is 0.0308. The van der Waals surface area contributed by atoms with Gasteiger partial charge in [0, 0.05) is 24.9 Å². The van der Waals surface area contributed by atoms with Crippen molar-refractivity contribution >= 4 is 27.8 Å². The van der Waals surface area contributed by atoms with Crippen LogP contribution in [0.3, 0.4) is 0 Å². The number of rotatable bonds is 8.